The van der Waals surface area contributed by atoms with Gasteiger partial charge >= 0.3 is 0 Å². The van der Waals surface area contributed by atoms with Crippen LogP contribution in [0.1, 0.15) is 25.5 Å². The molecule has 1 aliphatic heterocycles. The van der Waals surface area contributed by atoms with Crippen LogP contribution in [0.25, 0.3) is 5.69 Å². The highest BCUT2D eigenvalue weighted by Gasteiger charge is 2.32. The fourth-order valence-corrected chi connectivity index (χ4v) is 2.85. The molecule has 2 unspecified atom stereocenters. The maximum absolute atomic E-state index is 12.6. The summed E-state index contributed by atoms with van der Waals surface area (Å²) < 4.78 is 1.72. The van der Waals surface area contributed by atoms with Crippen LogP contribution in [0.15, 0.2) is 36.9 Å². The largest absolute Gasteiger partial charge is 0.339 e. The minimum Gasteiger partial charge on any atom is -0.339 e. The molecule has 0 saturated carbocycles. The molecular weight excluding hydrogens is 326 g/mol. The van der Waals surface area contributed by atoms with Crippen LogP contribution in [-0.4, -0.2) is 45.7 Å². The number of nitrogens with one attached hydrogen (secondary N) is 1. The first-order valence-corrected chi connectivity index (χ1v) is 8.00. The van der Waals surface area contributed by atoms with Gasteiger partial charge in [0.05, 0.1) is 11.7 Å². The molecule has 2 atom stereocenters. The van der Waals surface area contributed by atoms with Crippen molar-refractivity contribution < 1.29 is 4.79 Å². The van der Waals surface area contributed by atoms with E-state index in [1.54, 1.807) is 11.0 Å². The lowest BCUT2D eigenvalue weighted by Crippen LogP contribution is -2.50. The number of halogens is 1. The number of hydrogen-bond acceptors (Lipinski definition) is 4. The predicted molar refractivity (Wildman–Crippen MR) is 95.3 cm³/mol. The van der Waals surface area contributed by atoms with Crippen molar-refractivity contribution in [2.24, 2.45) is 11.8 Å². The number of carbonyl (C=O) groups is 1. The van der Waals surface area contributed by atoms with Crippen molar-refractivity contribution in [3.05, 3.63) is 42.5 Å². The number of nitrogens with zero attached hydrogens (tertiary/aromatic N) is 4. The molecule has 0 aliphatic carbocycles. The van der Waals surface area contributed by atoms with Gasteiger partial charge < -0.3 is 10.2 Å². The van der Waals surface area contributed by atoms with Crippen molar-refractivity contribution in [2.75, 3.05) is 20.1 Å². The average molecular weight is 350 g/mol. The lowest BCUT2D eigenvalue weighted by Gasteiger charge is -2.35. The van der Waals surface area contributed by atoms with Gasteiger partial charge in [0.25, 0.3) is 0 Å². The molecule has 1 fully saturated rings. The molecule has 1 aromatic carbocycles. The number of amides is 1. The zero-order chi connectivity index (χ0) is 16.4. The van der Waals surface area contributed by atoms with Crippen molar-refractivity contribution >= 4 is 18.3 Å². The van der Waals surface area contributed by atoms with E-state index in [9.17, 15) is 4.79 Å². The Hall–Kier alpha value is -1.92. The summed E-state index contributed by atoms with van der Waals surface area (Å²) in [6.07, 6.45) is 3.18. The molecule has 130 valence electrons. The quantitative estimate of drug-likeness (QED) is 0.897. The third-order valence-corrected chi connectivity index (χ3v) is 4.90. The maximum atomic E-state index is 12.6. The van der Waals surface area contributed by atoms with Gasteiger partial charge in [0.15, 0.2) is 0 Å². The first-order valence-electron chi connectivity index (χ1n) is 8.00. The first kappa shape index (κ1) is 18.4. The Labute approximate surface area is 148 Å². The Bertz CT molecular complexity index is 654. The molecule has 6 nitrogen and oxygen atoms in total. The van der Waals surface area contributed by atoms with Gasteiger partial charge in [-0.05, 0) is 43.6 Å². The van der Waals surface area contributed by atoms with Crippen LogP contribution < -0.4 is 5.32 Å². The van der Waals surface area contributed by atoms with E-state index in [0.717, 1.165) is 24.3 Å². The van der Waals surface area contributed by atoms with Gasteiger partial charge in [0.2, 0.25) is 5.91 Å². The van der Waals surface area contributed by atoms with Gasteiger partial charge in [-0.3, -0.25) is 4.79 Å². The molecule has 3 rings (SSSR count). The molecule has 1 aliphatic rings. The summed E-state index contributed by atoms with van der Waals surface area (Å²) >= 11 is 0. The van der Waals surface area contributed by atoms with E-state index in [1.165, 1.54) is 6.33 Å². The molecule has 0 radical (unpaired) electrons. The van der Waals surface area contributed by atoms with E-state index in [4.69, 9.17) is 0 Å². The highest BCUT2D eigenvalue weighted by Crippen LogP contribution is 2.25. The molecule has 2 aromatic rings. The molecular formula is C17H24ClN5O. The smallest absolute Gasteiger partial charge is 0.226 e. The van der Waals surface area contributed by atoms with Crippen LogP contribution in [0.2, 0.25) is 0 Å². The number of rotatable bonds is 5. The minimum absolute atomic E-state index is 0. The van der Waals surface area contributed by atoms with Gasteiger partial charge in [0.1, 0.15) is 12.7 Å². The van der Waals surface area contributed by atoms with Gasteiger partial charge in [-0.1, -0.05) is 19.1 Å². The Morgan fingerprint density at radius 2 is 1.96 bits per heavy atom. The third-order valence-electron chi connectivity index (χ3n) is 4.90. The van der Waals surface area contributed by atoms with Crippen molar-refractivity contribution in [3.63, 3.8) is 0 Å². The number of benzene rings is 1. The molecule has 1 saturated heterocycles. The zero-order valence-corrected chi connectivity index (χ0v) is 15.0. The van der Waals surface area contributed by atoms with Crippen LogP contribution in [0.5, 0.6) is 0 Å². The van der Waals surface area contributed by atoms with Crippen molar-refractivity contribution in [2.45, 2.75) is 19.9 Å². The van der Waals surface area contributed by atoms with Gasteiger partial charge in [-0.25, -0.2) is 9.67 Å². The molecule has 1 amide bonds. The van der Waals surface area contributed by atoms with Crippen LogP contribution in [-0.2, 0) is 4.79 Å². The minimum atomic E-state index is 0. The first-order chi connectivity index (χ1) is 11.1. The number of carbonyl (C=O) groups excluding carboxylic acids is 1. The van der Waals surface area contributed by atoms with E-state index in [1.807, 2.05) is 43.1 Å². The highest BCUT2D eigenvalue weighted by molar-refractivity contribution is 5.85. The van der Waals surface area contributed by atoms with E-state index >= 15 is 0 Å². The molecule has 1 aromatic heterocycles. The maximum Gasteiger partial charge on any atom is 0.226 e. The summed E-state index contributed by atoms with van der Waals surface area (Å²) in [4.78, 5) is 18.4. The standard InChI is InChI=1S/C17H23N5O.ClH/c1-12(15-8-18-9-15)17(23)21(3)13(2)14-4-6-16(7-5-14)22-11-19-10-20-22;/h4-7,10-13,15,18H,8-9H2,1-3H3;1H. The topological polar surface area (TPSA) is 63.1 Å². The second-order valence-electron chi connectivity index (χ2n) is 6.26. The van der Waals surface area contributed by atoms with Crippen LogP contribution in [0.3, 0.4) is 0 Å². The molecule has 7 heteroatoms. The van der Waals surface area contributed by atoms with E-state index in [0.29, 0.717) is 5.92 Å². The summed E-state index contributed by atoms with van der Waals surface area (Å²) in [6, 6.07) is 8.13. The summed E-state index contributed by atoms with van der Waals surface area (Å²) in [5.41, 5.74) is 2.07. The second-order valence-corrected chi connectivity index (χ2v) is 6.26. The Balaban J connectivity index is 0.00000208. The predicted octanol–water partition coefficient (Wildman–Crippen LogP) is 2.06. The molecule has 1 N–H and O–H groups in total. The SMILES string of the molecule is CC(C(=O)N(C)C(C)c1ccc(-n2cncn2)cc1)C1CNC1.Cl. The lowest BCUT2D eigenvalue weighted by molar-refractivity contribution is -0.138. The van der Waals surface area contributed by atoms with Crippen molar-refractivity contribution in [1.82, 2.24) is 25.0 Å². The highest BCUT2D eigenvalue weighted by atomic mass is 35.5. The van der Waals surface area contributed by atoms with Crippen LogP contribution in [0, 0.1) is 11.8 Å². The van der Waals surface area contributed by atoms with E-state index in [2.05, 4.69) is 22.3 Å². The Morgan fingerprint density at radius 3 is 2.46 bits per heavy atom. The van der Waals surface area contributed by atoms with Crippen molar-refractivity contribution in [1.29, 1.82) is 0 Å². The second kappa shape index (κ2) is 7.77. The summed E-state index contributed by atoms with van der Waals surface area (Å²) in [6.45, 7) is 5.99. The van der Waals surface area contributed by atoms with Gasteiger partial charge in [0, 0.05) is 13.0 Å². The monoisotopic (exact) mass is 349 g/mol. The normalized spacial score (nSPS) is 16.6. The van der Waals surface area contributed by atoms with Crippen molar-refractivity contribution in [3.8, 4) is 5.69 Å². The fraction of sp³-hybridized carbons (Fsp3) is 0.471. The third kappa shape index (κ3) is 3.60. The summed E-state index contributed by atoms with van der Waals surface area (Å²) in [5.74, 6) is 0.745. The van der Waals surface area contributed by atoms with E-state index < -0.39 is 0 Å². The van der Waals surface area contributed by atoms with Gasteiger partial charge in [-0.15, -0.1) is 12.4 Å². The number of aromatic nitrogens is 3. The molecule has 0 spiro atoms. The van der Waals surface area contributed by atoms with Gasteiger partial charge in [-0.2, -0.15) is 5.10 Å². The molecule has 24 heavy (non-hydrogen) atoms. The lowest BCUT2D eigenvalue weighted by atomic mass is 9.87. The number of hydrogen-bond donors (Lipinski definition) is 1. The average Bonchev–Trinajstić information content (AvgIpc) is 3.05. The molecule has 2 heterocycles. The summed E-state index contributed by atoms with van der Waals surface area (Å²) in [5, 5.41) is 7.35. The molecule has 0 bridgehead atoms. The Morgan fingerprint density at radius 1 is 1.29 bits per heavy atom. The fourth-order valence-electron chi connectivity index (χ4n) is 2.85. The van der Waals surface area contributed by atoms with E-state index in [-0.39, 0.29) is 30.3 Å². The van der Waals surface area contributed by atoms with Crippen LogP contribution >= 0.6 is 12.4 Å². The van der Waals surface area contributed by atoms with Crippen LogP contribution in [0.4, 0.5) is 0 Å². The zero-order valence-electron chi connectivity index (χ0n) is 14.2. The Kier molecular flexibility index (Phi) is 5.96. The summed E-state index contributed by atoms with van der Waals surface area (Å²) in [7, 11) is 1.89.